The van der Waals surface area contributed by atoms with E-state index in [-0.39, 0.29) is 24.8 Å². The highest BCUT2D eigenvalue weighted by atomic mass is 16.6. The number of rotatable bonds is 3. The third-order valence-electron chi connectivity index (χ3n) is 6.55. The second-order valence-corrected chi connectivity index (χ2v) is 8.54. The van der Waals surface area contributed by atoms with Crippen LogP contribution < -0.4 is 0 Å². The van der Waals surface area contributed by atoms with Crippen LogP contribution >= 0.6 is 0 Å². The van der Waals surface area contributed by atoms with E-state index in [0.29, 0.717) is 12.8 Å². The summed E-state index contributed by atoms with van der Waals surface area (Å²) in [6.07, 6.45) is 5.41. The van der Waals surface area contributed by atoms with Crippen molar-refractivity contribution in [3.8, 4) is 0 Å². The SMILES string of the molecule is O=C(OCc1ccccc1)N1C2CCCC1CC(O)(c1cnc3ccccc3c1)C2. The van der Waals surface area contributed by atoms with E-state index in [1.54, 1.807) is 6.20 Å². The number of para-hydroxylation sites is 1. The maximum Gasteiger partial charge on any atom is 0.410 e. The molecule has 2 saturated heterocycles. The minimum atomic E-state index is -0.969. The lowest BCUT2D eigenvalue weighted by Gasteiger charge is -2.51. The van der Waals surface area contributed by atoms with Crippen molar-refractivity contribution in [2.24, 2.45) is 0 Å². The zero-order valence-electron chi connectivity index (χ0n) is 16.9. The van der Waals surface area contributed by atoms with Crippen molar-refractivity contribution in [2.75, 3.05) is 0 Å². The lowest BCUT2D eigenvalue weighted by atomic mass is 9.73. The largest absolute Gasteiger partial charge is 0.445 e. The molecule has 5 rings (SSSR count). The van der Waals surface area contributed by atoms with Gasteiger partial charge in [0.05, 0.1) is 11.1 Å². The van der Waals surface area contributed by atoms with Gasteiger partial charge < -0.3 is 14.7 Å². The molecule has 2 bridgehead atoms. The van der Waals surface area contributed by atoms with Gasteiger partial charge in [-0.25, -0.2) is 4.79 Å². The van der Waals surface area contributed by atoms with E-state index in [0.717, 1.165) is 41.3 Å². The van der Waals surface area contributed by atoms with Crippen molar-refractivity contribution in [3.63, 3.8) is 0 Å². The van der Waals surface area contributed by atoms with E-state index in [1.165, 1.54) is 0 Å². The topological polar surface area (TPSA) is 62.7 Å². The van der Waals surface area contributed by atoms with E-state index in [2.05, 4.69) is 4.98 Å². The molecule has 0 spiro atoms. The Balaban J connectivity index is 1.35. The molecule has 1 amide bonds. The maximum atomic E-state index is 12.9. The Hall–Kier alpha value is -2.92. The van der Waals surface area contributed by atoms with Gasteiger partial charge in [-0.05, 0) is 37.0 Å². The molecule has 2 aromatic carbocycles. The van der Waals surface area contributed by atoms with Crippen molar-refractivity contribution in [2.45, 2.75) is 56.4 Å². The molecule has 0 saturated carbocycles. The molecule has 2 aliphatic rings. The summed E-state index contributed by atoms with van der Waals surface area (Å²) in [5.74, 6) is 0. The molecule has 5 nitrogen and oxygen atoms in total. The van der Waals surface area contributed by atoms with Crippen LogP contribution in [0.3, 0.4) is 0 Å². The number of amides is 1. The summed E-state index contributed by atoms with van der Waals surface area (Å²) in [5, 5.41) is 12.6. The van der Waals surface area contributed by atoms with Crippen LogP contribution in [-0.2, 0) is 16.9 Å². The molecule has 3 aromatic rings. The van der Waals surface area contributed by atoms with Gasteiger partial charge in [-0.15, -0.1) is 0 Å². The van der Waals surface area contributed by atoms with Gasteiger partial charge in [-0.3, -0.25) is 4.98 Å². The van der Waals surface area contributed by atoms with Gasteiger partial charge in [0.2, 0.25) is 0 Å². The molecule has 0 radical (unpaired) electrons. The zero-order valence-corrected chi connectivity index (χ0v) is 16.9. The molecule has 2 aliphatic heterocycles. The van der Waals surface area contributed by atoms with Gasteiger partial charge in [0.25, 0.3) is 0 Å². The number of aliphatic hydroxyl groups is 1. The molecule has 0 aliphatic carbocycles. The Kier molecular flexibility index (Phi) is 4.91. The number of aromatic nitrogens is 1. The first-order valence-electron chi connectivity index (χ1n) is 10.7. The fourth-order valence-corrected chi connectivity index (χ4v) is 5.08. The van der Waals surface area contributed by atoms with Crippen LogP contribution in [0.4, 0.5) is 4.79 Å². The lowest BCUT2D eigenvalue weighted by Crippen LogP contribution is -2.58. The van der Waals surface area contributed by atoms with Crippen molar-refractivity contribution in [1.82, 2.24) is 9.88 Å². The van der Waals surface area contributed by atoms with E-state index in [4.69, 9.17) is 4.74 Å². The van der Waals surface area contributed by atoms with E-state index in [9.17, 15) is 9.90 Å². The number of carbonyl (C=O) groups excluding carboxylic acids is 1. The van der Waals surface area contributed by atoms with Gasteiger partial charge in [0.1, 0.15) is 6.61 Å². The van der Waals surface area contributed by atoms with E-state index < -0.39 is 5.60 Å². The Labute approximate surface area is 176 Å². The number of carbonyl (C=O) groups is 1. The molecule has 1 N–H and O–H groups in total. The number of hydrogen-bond donors (Lipinski definition) is 1. The van der Waals surface area contributed by atoms with Crippen LogP contribution in [0.15, 0.2) is 66.9 Å². The van der Waals surface area contributed by atoms with Crippen LogP contribution in [0.25, 0.3) is 10.9 Å². The number of ether oxygens (including phenoxy) is 1. The molecule has 5 heteroatoms. The van der Waals surface area contributed by atoms with Crippen LogP contribution in [-0.4, -0.2) is 33.2 Å². The second-order valence-electron chi connectivity index (χ2n) is 8.54. The summed E-state index contributed by atoms with van der Waals surface area (Å²) in [6.45, 7) is 0.272. The normalized spacial score (nSPS) is 25.8. The molecular formula is C25H26N2O3. The Morgan fingerprint density at radius 2 is 1.77 bits per heavy atom. The number of fused-ring (bicyclic) bond motifs is 3. The molecule has 2 unspecified atom stereocenters. The van der Waals surface area contributed by atoms with Gasteiger partial charge >= 0.3 is 6.09 Å². The quantitative estimate of drug-likeness (QED) is 0.685. The number of benzene rings is 2. The minimum absolute atomic E-state index is 0.0164. The third-order valence-corrected chi connectivity index (χ3v) is 6.55. The lowest BCUT2D eigenvalue weighted by molar-refractivity contribution is -0.0897. The number of piperidine rings is 2. The highest BCUT2D eigenvalue weighted by Crippen LogP contribution is 2.44. The summed E-state index contributed by atoms with van der Waals surface area (Å²) in [6, 6.07) is 19.7. The van der Waals surface area contributed by atoms with Crippen LogP contribution in [0, 0.1) is 0 Å². The average Bonchev–Trinajstić information content (AvgIpc) is 2.77. The fraction of sp³-hybridized carbons (Fsp3) is 0.360. The van der Waals surface area contributed by atoms with Crippen LogP contribution in [0.1, 0.15) is 43.2 Å². The first kappa shape index (κ1) is 19.1. The average molecular weight is 402 g/mol. The molecule has 154 valence electrons. The highest BCUT2D eigenvalue weighted by molar-refractivity contribution is 5.79. The Bertz CT molecular complexity index is 1040. The summed E-state index contributed by atoms with van der Waals surface area (Å²) < 4.78 is 5.63. The second kappa shape index (κ2) is 7.73. The number of pyridine rings is 1. The minimum Gasteiger partial charge on any atom is -0.445 e. The number of hydrogen-bond acceptors (Lipinski definition) is 4. The smallest absolute Gasteiger partial charge is 0.410 e. The van der Waals surface area contributed by atoms with Crippen molar-refractivity contribution in [3.05, 3.63) is 78.0 Å². The fourth-order valence-electron chi connectivity index (χ4n) is 5.08. The Morgan fingerprint density at radius 1 is 1.07 bits per heavy atom. The van der Waals surface area contributed by atoms with Crippen molar-refractivity contribution in [1.29, 1.82) is 0 Å². The first-order valence-corrected chi connectivity index (χ1v) is 10.7. The van der Waals surface area contributed by atoms with Crippen molar-refractivity contribution >= 4 is 17.0 Å². The van der Waals surface area contributed by atoms with Crippen molar-refractivity contribution < 1.29 is 14.6 Å². The molecule has 1 aromatic heterocycles. The monoisotopic (exact) mass is 402 g/mol. The number of nitrogens with zero attached hydrogens (tertiary/aromatic N) is 2. The predicted molar refractivity (Wildman–Crippen MR) is 115 cm³/mol. The van der Waals surface area contributed by atoms with Crippen LogP contribution in [0.5, 0.6) is 0 Å². The van der Waals surface area contributed by atoms with E-state index >= 15 is 0 Å². The van der Waals surface area contributed by atoms with Gasteiger partial charge in [0, 0.05) is 42.1 Å². The third kappa shape index (κ3) is 3.54. The molecule has 30 heavy (non-hydrogen) atoms. The van der Waals surface area contributed by atoms with E-state index in [1.807, 2.05) is 65.6 Å². The summed E-state index contributed by atoms with van der Waals surface area (Å²) in [5.41, 5.74) is 1.78. The standard InChI is InChI=1S/C25H26N2O3/c28-24(30-17-18-7-2-1-3-8-18)27-21-10-6-11-22(27)15-25(29,14-21)20-13-19-9-4-5-12-23(19)26-16-20/h1-5,7-9,12-13,16,21-22,29H,6,10-11,14-15,17H2. The molecule has 3 heterocycles. The first-order chi connectivity index (χ1) is 14.6. The summed E-state index contributed by atoms with van der Waals surface area (Å²) >= 11 is 0. The molecule has 2 atom stereocenters. The zero-order chi connectivity index (χ0) is 20.6. The summed E-state index contributed by atoms with van der Waals surface area (Å²) in [7, 11) is 0. The van der Waals surface area contributed by atoms with Gasteiger partial charge in [-0.1, -0.05) is 48.5 Å². The summed E-state index contributed by atoms with van der Waals surface area (Å²) in [4.78, 5) is 19.3. The molecule has 2 fully saturated rings. The predicted octanol–water partition coefficient (Wildman–Crippen LogP) is 4.78. The van der Waals surface area contributed by atoms with Gasteiger partial charge in [-0.2, -0.15) is 0 Å². The van der Waals surface area contributed by atoms with Gasteiger partial charge in [0.15, 0.2) is 0 Å². The Morgan fingerprint density at radius 3 is 2.53 bits per heavy atom. The highest BCUT2D eigenvalue weighted by Gasteiger charge is 2.48. The van der Waals surface area contributed by atoms with Crippen LogP contribution in [0.2, 0.25) is 0 Å². The molecular weight excluding hydrogens is 376 g/mol. The maximum absolute atomic E-state index is 12.9.